The molecule has 0 amide bonds. The molecule has 3 rings (SSSR count). The second kappa shape index (κ2) is 4.65. The minimum absolute atomic E-state index is 0.387. The fourth-order valence-corrected chi connectivity index (χ4v) is 2.75. The maximum absolute atomic E-state index is 5.40. The number of nitrogens with one attached hydrogen (secondary N) is 3. The lowest BCUT2D eigenvalue weighted by Crippen LogP contribution is -2.25. The summed E-state index contributed by atoms with van der Waals surface area (Å²) in [6.07, 6.45) is 4.15. The summed E-state index contributed by atoms with van der Waals surface area (Å²) in [4.78, 5) is 8.61. The first kappa shape index (κ1) is 12.2. The van der Waals surface area contributed by atoms with Crippen LogP contribution in [0.25, 0.3) is 11.0 Å². The Morgan fingerprint density at radius 2 is 2.16 bits per heavy atom. The number of aromatic nitrogens is 4. The van der Waals surface area contributed by atoms with E-state index in [1.807, 2.05) is 0 Å². The van der Waals surface area contributed by atoms with E-state index in [0.717, 1.165) is 23.5 Å². The smallest absolute Gasteiger partial charge is 0.241 e. The van der Waals surface area contributed by atoms with Crippen LogP contribution in [0.1, 0.15) is 26.7 Å². The summed E-state index contributed by atoms with van der Waals surface area (Å²) in [7, 11) is 0. The highest BCUT2D eigenvalue weighted by atomic mass is 15.3. The first-order valence-electron chi connectivity index (χ1n) is 6.63. The Morgan fingerprint density at radius 1 is 1.32 bits per heavy atom. The van der Waals surface area contributed by atoms with E-state index in [1.165, 1.54) is 6.42 Å². The molecule has 102 valence electrons. The van der Waals surface area contributed by atoms with Crippen LogP contribution in [-0.2, 0) is 0 Å². The van der Waals surface area contributed by atoms with Crippen LogP contribution in [0.15, 0.2) is 6.20 Å². The zero-order valence-corrected chi connectivity index (χ0v) is 11.1. The van der Waals surface area contributed by atoms with E-state index >= 15 is 0 Å². The molecule has 0 radical (unpaired) electrons. The van der Waals surface area contributed by atoms with Crippen molar-refractivity contribution in [1.82, 2.24) is 20.2 Å². The van der Waals surface area contributed by atoms with Crippen molar-refractivity contribution in [2.45, 2.75) is 32.7 Å². The van der Waals surface area contributed by atoms with Crippen molar-refractivity contribution in [1.29, 1.82) is 0 Å². The zero-order valence-electron chi connectivity index (χ0n) is 11.1. The molecule has 7 nitrogen and oxygen atoms in total. The van der Waals surface area contributed by atoms with Gasteiger partial charge in [-0.15, -0.1) is 0 Å². The van der Waals surface area contributed by atoms with Crippen molar-refractivity contribution in [3.8, 4) is 0 Å². The molecule has 1 aliphatic carbocycles. The van der Waals surface area contributed by atoms with Crippen molar-refractivity contribution >= 4 is 22.8 Å². The molecule has 19 heavy (non-hydrogen) atoms. The lowest BCUT2D eigenvalue weighted by atomic mass is 9.98. The number of rotatable bonds is 3. The summed E-state index contributed by atoms with van der Waals surface area (Å²) in [5, 5.41) is 11.3. The van der Waals surface area contributed by atoms with E-state index in [9.17, 15) is 0 Å². The predicted molar refractivity (Wildman–Crippen MR) is 74.5 cm³/mol. The van der Waals surface area contributed by atoms with Gasteiger partial charge in [0, 0.05) is 6.04 Å². The number of fused-ring (bicyclic) bond motifs is 1. The summed E-state index contributed by atoms with van der Waals surface area (Å²) in [6.45, 7) is 4.58. The highest BCUT2D eigenvalue weighted by Crippen LogP contribution is 2.34. The van der Waals surface area contributed by atoms with Gasteiger partial charge < -0.3 is 5.32 Å². The molecule has 2 heterocycles. The quantitative estimate of drug-likeness (QED) is 0.493. The molecule has 0 aliphatic heterocycles. The third-order valence-electron chi connectivity index (χ3n) is 4.23. The number of hydrazine groups is 1. The number of hydrogen-bond acceptors (Lipinski definition) is 6. The first-order valence-corrected chi connectivity index (χ1v) is 6.63. The molecule has 0 bridgehead atoms. The maximum atomic E-state index is 5.40. The van der Waals surface area contributed by atoms with Crippen LogP contribution >= 0.6 is 0 Å². The molecule has 0 saturated heterocycles. The van der Waals surface area contributed by atoms with Crippen molar-refractivity contribution < 1.29 is 0 Å². The van der Waals surface area contributed by atoms with Crippen LogP contribution in [-0.4, -0.2) is 26.2 Å². The molecule has 3 atom stereocenters. The lowest BCUT2D eigenvalue weighted by molar-refractivity contribution is 0.435. The van der Waals surface area contributed by atoms with Gasteiger partial charge in [0.15, 0.2) is 5.65 Å². The fraction of sp³-hybridized carbons (Fsp3) is 0.583. The highest BCUT2D eigenvalue weighted by Gasteiger charge is 2.30. The summed E-state index contributed by atoms with van der Waals surface area (Å²) in [5.41, 5.74) is 3.17. The summed E-state index contributed by atoms with van der Waals surface area (Å²) in [6, 6.07) is 0.439. The molecule has 0 aromatic carbocycles. The average Bonchev–Trinajstić information content (AvgIpc) is 3.00. The van der Waals surface area contributed by atoms with Gasteiger partial charge in [0.25, 0.3) is 0 Å². The van der Waals surface area contributed by atoms with Crippen LogP contribution in [0, 0.1) is 11.8 Å². The van der Waals surface area contributed by atoms with Gasteiger partial charge in [-0.3, -0.25) is 10.5 Å². The fourth-order valence-electron chi connectivity index (χ4n) is 2.75. The number of nitrogens with two attached hydrogens (primary N) is 1. The molecule has 2 aromatic heterocycles. The summed E-state index contributed by atoms with van der Waals surface area (Å²) in [5.74, 6) is 7.95. The van der Waals surface area contributed by atoms with Crippen molar-refractivity contribution in [2.24, 2.45) is 17.7 Å². The molecule has 3 unspecified atom stereocenters. The van der Waals surface area contributed by atoms with Crippen LogP contribution < -0.4 is 16.6 Å². The van der Waals surface area contributed by atoms with Gasteiger partial charge in [-0.05, 0) is 24.7 Å². The number of nitrogens with zero attached hydrogens (tertiary/aromatic N) is 3. The number of anilines is 2. The van der Waals surface area contributed by atoms with E-state index in [4.69, 9.17) is 5.84 Å². The highest BCUT2D eigenvalue weighted by molar-refractivity contribution is 5.87. The largest absolute Gasteiger partial charge is 0.366 e. The number of aromatic amines is 1. The average molecular weight is 261 g/mol. The molecule has 0 spiro atoms. The number of nitrogen functional groups attached to an aromatic ring is 1. The van der Waals surface area contributed by atoms with Gasteiger partial charge in [-0.25, -0.2) is 5.84 Å². The van der Waals surface area contributed by atoms with Gasteiger partial charge in [-0.1, -0.05) is 13.8 Å². The van der Waals surface area contributed by atoms with E-state index in [-0.39, 0.29) is 0 Å². The molecule has 1 saturated carbocycles. The summed E-state index contributed by atoms with van der Waals surface area (Å²) < 4.78 is 0. The molecule has 5 N–H and O–H groups in total. The molecule has 1 aliphatic rings. The standard InChI is InChI=1S/C12H19N7/c1-6-3-4-9(7(6)2)15-10-8-5-14-19-11(8)17-12(16-10)18-13/h5-7,9H,3-4,13H2,1-2H3,(H3,14,15,16,17,18,19). The molecule has 2 aromatic rings. The van der Waals surface area contributed by atoms with Gasteiger partial charge in [0.1, 0.15) is 5.82 Å². The topological polar surface area (TPSA) is 105 Å². The van der Waals surface area contributed by atoms with Crippen LogP contribution in [0.5, 0.6) is 0 Å². The van der Waals surface area contributed by atoms with Crippen molar-refractivity contribution in [3.05, 3.63) is 6.20 Å². The number of H-pyrrole nitrogens is 1. The van der Waals surface area contributed by atoms with Gasteiger partial charge in [0.2, 0.25) is 5.95 Å². The third kappa shape index (κ3) is 2.10. The minimum atomic E-state index is 0.387. The molecular formula is C12H19N7. The maximum Gasteiger partial charge on any atom is 0.241 e. The lowest BCUT2D eigenvalue weighted by Gasteiger charge is -2.20. The van der Waals surface area contributed by atoms with E-state index in [2.05, 4.69) is 44.8 Å². The van der Waals surface area contributed by atoms with Crippen LogP contribution in [0.3, 0.4) is 0 Å². The number of hydrogen-bond donors (Lipinski definition) is 4. The second-order valence-electron chi connectivity index (χ2n) is 5.34. The molecular weight excluding hydrogens is 242 g/mol. The van der Waals surface area contributed by atoms with E-state index in [1.54, 1.807) is 6.20 Å². The Balaban J connectivity index is 1.93. The van der Waals surface area contributed by atoms with Crippen LogP contribution in [0.4, 0.5) is 11.8 Å². The predicted octanol–water partition coefficient (Wildman–Crippen LogP) is 1.48. The van der Waals surface area contributed by atoms with Crippen LogP contribution in [0.2, 0.25) is 0 Å². The van der Waals surface area contributed by atoms with Gasteiger partial charge in [0.05, 0.1) is 11.6 Å². The Hall–Kier alpha value is -1.89. The Labute approximate surface area is 111 Å². The normalized spacial score (nSPS) is 26.8. The Bertz CT molecular complexity index is 578. The Kier molecular flexibility index (Phi) is 2.98. The molecule has 7 heteroatoms. The second-order valence-corrected chi connectivity index (χ2v) is 5.34. The first-order chi connectivity index (χ1) is 9.19. The third-order valence-corrected chi connectivity index (χ3v) is 4.23. The molecule has 1 fully saturated rings. The van der Waals surface area contributed by atoms with Gasteiger partial charge in [-0.2, -0.15) is 15.1 Å². The van der Waals surface area contributed by atoms with E-state index < -0.39 is 0 Å². The van der Waals surface area contributed by atoms with Gasteiger partial charge >= 0.3 is 0 Å². The zero-order chi connectivity index (χ0) is 13.4. The van der Waals surface area contributed by atoms with Crippen molar-refractivity contribution in [2.75, 3.05) is 10.7 Å². The SMILES string of the molecule is CC1CCC(Nc2nc(NN)nc3[nH]ncc23)C1C. The monoisotopic (exact) mass is 261 g/mol. The van der Waals surface area contributed by atoms with E-state index in [0.29, 0.717) is 23.6 Å². The van der Waals surface area contributed by atoms with Crippen molar-refractivity contribution in [3.63, 3.8) is 0 Å². The minimum Gasteiger partial charge on any atom is -0.366 e. The Morgan fingerprint density at radius 3 is 2.84 bits per heavy atom. The summed E-state index contributed by atoms with van der Waals surface area (Å²) >= 11 is 0.